The maximum absolute atomic E-state index is 12.6. The van der Waals surface area contributed by atoms with E-state index in [1.54, 1.807) is 30.3 Å². The summed E-state index contributed by atoms with van der Waals surface area (Å²) in [5, 5.41) is 19.5. The fraction of sp³-hybridized carbons (Fsp3) is 0.158. The topological polar surface area (TPSA) is 93.1 Å². The van der Waals surface area contributed by atoms with Crippen LogP contribution >= 0.6 is 0 Å². The number of phenols is 1. The number of aliphatic hydroxyl groups excluding tert-OH is 1. The van der Waals surface area contributed by atoms with Gasteiger partial charge in [0.2, 0.25) is 5.75 Å². The zero-order valence-corrected chi connectivity index (χ0v) is 13.7. The second-order valence-electron chi connectivity index (χ2n) is 5.17. The molecule has 0 spiro atoms. The van der Waals surface area contributed by atoms with Crippen molar-refractivity contribution in [3.8, 4) is 17.2 Å². The number of hydrogen-bond acceptors (Lipinski definition) is 6. The van der Waals surface area contributed by atoms with Crippen molar-refractivity contribution in [2.24, 2.45) is 0 Å². The van der Waals surface area contributed by atoms with Crippen molar-refractivity contribution < 1.29 is 29.3 Å². The molecule has 0 atom stereocenters. The molecule has 0 saturated heterocycles. The Balaban J connectivity index is 2.45. The van der Waals surface area contributed by atoms with Crippen molar-refractivity contribution in [1.82, 2.24) is 0 Å². The van der Waals surface area contributed by atoms with E-state index in [4.69, 9.17) is 14.6 Å². The number of benzene rings is 2. The number of ketones is 1. The summed E-state index contributed by atoms with van der Waals surface area (Å²) in [5.41, 5.74) is 0.410. The smallest absolute Gasteiger partial charge is 0.378 e. The first kappa shape index (κ1) is 18.1. The molecule has 0 radical (unpaired) electrons. The lowest BCUT2D eigenvalue weighted by Gasteiger charge is -2.14. The van der Waals surface area contributed by atoms with Crippen LogP contribution in [0.4, 0.5) is 0 Å². The summed E-state index contributed by atoms with van der Waals surface area (Å²) < 4.78 is 10.4. The molecule has 0 aliphatic carbocycles. The number of rotatable bonds is 7. The van der Waals surface area contributed by atoms with Crippen LogP contribution in [0.3, 0.4) is 0 Å². The summed E-state index contributed by atoms with van der Waals surface area (Å²) in [6.45, 7) is 5.17. The van der Waals surface area contributed by atoms with Gasteiger partial charge in [-0.2, -0.15) is 0 Å². The highest BCUT2D eigenvalue weighted by Gasteiger charge is 2.23. The van der Waals surface area contributed by atoms with Crippen LogP contribution in [0.2, 0.25) is 0 Å². The zero-order valence-electron chi connectivity index (χ0n) is 13.7. The van der Waals surface area contributed by atoms with E-state index >= 15 is 0 Å². The first-order valence-corrected chi connectivity index (χ1v) is 7.64. The molecule has 25 heavy (non-hydrogen) atoms. The van der Waals surface area contributed by atoms with E-state index in [1.807, 2.05) is 6.92 Å². The molecule has 2 rings (SSSR count). The molecule has 0 bridgehead atoms. The number of aliphatic hydroxyl groups is 1. The molecule has 0 saturated carbocycles. The van der Waals surface area contributed by atoms with Crippen molar-refractivity contribution in [3.05, 3.63) is 65.9 Å². The molecular weight excluding hydrogens is 324 g/mol. The number of esters is 1. The molecule has 0 fully saturated rings. The zero-order chi connectivity index (χ0) is 18.4. The second-order valence-corrected chi connectivity index (χ2v) is 5.17. The standard InChI is InChI=1S/C19H18O6/c1-3-11-24-18-15(25-19(23)12(2)20)10-9-14(17(18)22)16(21)13-7-5-4-6-8-13/h4-10,20,22H,2-3,11H2,1H3. The van der Waals surface area contributed by atoms with E-state index in [0.29, 0.717) is 12.0 Å². The highest BCUT2D eigenvalue weighted by Crippen LogP contribution is 2.40. The van der Waals surface area contributed by atoms with E-state index < -0.39 is 23.3 Å². The first-order valence-electron chi connectivity index (χ1n) is 7.64. The van der Waals surface area contributed by atoms with Crippen molar-refractivity contribution in [1.29, 1.82) is 0 Å². The molecule has 6 nitrogen and oxygen atoms in total. The third-order valence-corrected chi connectivity index (χ3v) is 3.26. The van der Waals surface area contributed by atoms with E-state index in [-0.39, 0.29) is 23.7 Å². The van der Waals surface area contributed by atoms with Gasteiger partial charge < -0.3 is 19.7 Å². The molecule has 0 heterocycles. The minimum Gasteiger partial charge on any atom is -0.504 e. The molecule has 0 unspecified atom stereocenters. The van der Waals surface area contributed by atoms with Crippen LogP contribution in [-0.4, -0.2) is 28.6 Å². The Morgan fingerprint density at radius 2 is 1.80 bits per heavy atom. The quantitative estimate of drug-likeness (QED) is 0.263. The van der Waals surface area contributed by atoms with Gasteiger partial charge in [0.25, 0.3) is 0 Å². The predicted molar refractivity (Wildman–Crippen MR) is 91.2 cm³/mol. The Morgan fingerprint density at radius 3 is 2.40 bits per heavy atom. The molecule has 2 aromatic carbocycles. The van der Waals surface area contributed by atoms with Gasteiger partial charge in [-0.25, -0.2) is 4.79 Å². The lowest BCUT2D eigenvalue weighted by molar-refractivity contribution is -0.133. The van der Waals surface area contributed by atoms with Gasteiger partial charge in [0.05, 0.1) is 12.2 Å². The van der Waals surface area contributed by atoms with Gasteiger partial charge in [-0.15, -0.1) is 0 Å². The van der Waals surface area contributed by atoms with E-state index in [0.717, 1.165) is 0 Å². The summed E-state index contributed by atoms with van der Waals surface area (Å²) in [4.78, 5) is 24.1. The SMILES string of the molecule is C=C(O)C(=O)Oc1ccc(C(=O)c2ccccc2)c(O)c1OCCC. The van der Waals surface area contributed by atoms with Gasteiger partial charge in [0.15, 0.2) is 23.0 Å². The van der Waals surface area contributed by atoms with E-state index in [1.165, 1.54) is 12.1 Å². The third-order valence-electron chi connectivity index (χ3n) is 3.26. The second kappa shape index (κ2) is 8.01. The highest BCUT2D eigenvalue weighted by atomic mass is 16.6. The molecule has 0 aliphatic rings. The molecule has 0 aromatic heterocycles. The minimum atomic E-state index is -1.08. The highest BCUT2D eigenvalue weighted by molar-refractivity contribution is 6.11. The summed E-state index contributed by atoms with van der Waals surface area (Å²) in [6, 6.07) is 11.1. The summed E-state index contributed by atoms with van der Waals surface area (Å²) >= 11 is 0. The lowest BCUT2D eigenvalue weighted by atomic mass is 10.0. The molecule has 0 aliphatic heterocycles. The average molecular weight is 342 g/mol. The molecule has 0 amide bonds. The maximum Gasteiger partial charge on any atom is 0.378 e. The number of phenolic OH excluding ortho intramolecular Hbond substituents is 1. The van der Waals surface area contributed by atoms with Gasteiger partial charge in [-0.3, -0.25) is 4.79 Å². The van der Waals surface area contributed by atoms with Crippen LogP contribution in [0.1, 0.15) is 29.3 Å². The van der Waals surface area contributed by atoms with E-state index in [9.17, 15) is 14.7 Å². The average Bonchev–Trinajstić information content (AvgIpc) is 2.61. The molecule has 6 heteroatoms. The fourth-order valence-electron chi connectivity index (χ4n) is 2.06. The summed E-state index contributed by atoms with van der Waals surface area (Å²) in [6.07, 6.45) is 0.635. The van der Waals surface area contributed by atoms with Crippen LogP contribution in [0, 0.1) is 0 Å². The molecule has 2 N–H and O–H groups in total. The molecule has 2 aromatic rings. The number of ether oxygens (including phenoxy) is 2. The van der Waals surface area contributed by atoms with Gasteiger partial charge in [-0.05, 0) is 25.1 Å². The summed E-state index contributed by atoms with van der Waals surface area (Å²) in [7, 11) is 0. The first-order chi connectivity index (χ1) is 12.0. The number of carbonyl (C=O) groups excluding carboxylic acids is 2. The van der Waals surface area contributed by atoms with Gasteiger partial charge in [0.1, 0.15) is 0 Å². The van der Waals surface area contributed by atoms with Gasteiger partial charge in [-0.1, -0.05) is 37.3 Å². The van der Waals surface area contributed by atoms with Gasteiger partial charge >= 0.3 is 5.97 Å². The van der Waals surface area contributed by atoms with Crippen LogP contribution in [0.5, 0.6) is 17.2 Å². The van der Waals surface area contributed by atoms with Crippen molar-refractivity contribution in [2.45, 2.75) is 13.3 Å². The Hall–Kier alpha value is -3.28. The minimum absolute atomic E-state index is 0.0138. The van der Waals surface area contributed by atoms with Crippen LogP contribution < -0.4 is 9.47 Å². The molecular formula is C19H18O6. The van der Waals surface area contributed by atoms with Crippen LogP contribution in [0.15, 0.2) is 54.8 Å². The number of carbonyl (C=O) groups is 2. The van der Waals surface area contributed by atoms with Crippen LogP contribution in [-0.2, 0) is 4.79 Å². The Morgan fingerprint density at radius 1 is 1.12 bits per heavy atom. The maximum atomic E-state index is 12.6. The Kier molecular flexibility index (Phi) is 5.79. The lowest BCUT2D eigenvalue weighted by Crippen LogP contribution is -2.12. The Bertz CT molecular complexity index is 795. The predicted octanol–water partition coefficient (Wildman–Crippen LogP) is 3.39. The van der Waals surface area contributed by atoms with E-state index in [2.05, 4.69) is 6.58 Å². The van der Waals surface area contributed by atoms with Crippen molar-refractivity contribution >= 4 is 11.8 Å². The van der Waals surface area contributed by atoms with Crippen molar-refractivity contribution in [3.63, 3.8) is 0 Å². The number of aromatic hydroxyl groups is 1. The third kappa shape index (κ3) is 4.17. The Labute approximate surface area is 144 Å². The summed E-state index contributed by atoms with van der Waals surface area (Å²) in [5.74, 6) is -2.96. The molecule has 130 valence electrons. The van der Waals surface area contributed by atoms with Crippen LogP contribution in [0.25, 0.3) is 0 Å². The normalized spacial score (nSPS) is 10.1. The van der Waals surface area contributed by atoms with Gasteiger partial charge in [0, 0.05) is 5.56 Å². The van der Waals surface area contributed by atoms with Crippen molar-refractivity contribution in [2.75, 3.05) is 6.61 Å². The monoisotopic (exact) mass is 342 g/mol. The largest absolute Gasteiger partial charge is 0.504 e. The fourth-order valence-corrected chi connectivity index (χ4v) is 2.06. The number of hydrogen-bond donors (Lipinski definition) is 2.